The smallest absolute Gasteiger partial charge is 0.251 e. The number of carbonyl (C=O) groups is 1. The van der Waals surface area contributed by atoms with Gasteiger partial charge in [-0.2, -0.15) is 0 Å². The van der Waals surface area contributed by atoms with Crippen LogP contribution in [0.15, 0.2) is 18.2 Å². The standard InChI is InChI=1S/C18H28N2O3.ClH/c1-3-4-10-23-16-8-7-15(11-17(16)22-2)18(21)20-13-14-6-5-9-19-12-14;/h7-8,11,14,19H,3-6,9-10,12-13H2,1-2H3,(H,20,21);1H. The summed E-state index contributed by atoms with van der Waals surface area (Å²) in [6.07, 6.45) is 4.43. The van der Waals surface area contributed by atoms with E-state index in [4.69, 9.17) is 9.47 Å². The van der Waals surface area contributed by atoms with E-state index in [1.54, 1.807) is 19.2 Å². The summed E-state index contributed by atoms with van der Waals surface area (Å²) >= 11 is 0. The van der Waals surface area contributed by atoms with E-state index in [1.807, 2.05) is 6.07 Å². The van der Waals surface area contributed by atoms with Crippen LogP contribution in [0.1, 0.15) is 43.0 Å². The fourth-order valence-electron chi connectivity index (χ4n) is 2.69. The van der Waals surface area contributed by atoms with E-state index in [0.29, 0.717) is 36.1 Å². The van der Waals surface area contributed by atoms with Crippen molar-refractivity contribution in [3.8, 4) is 11.5 Å². The van der Waals surface area contributed by atoms with Gasteiger partial charge in [0.05, 0.1) is 13.7 Å². The van der Waals surface area contributed by atoms with Gasteiger partial charge in [-0.1, -0.05) is 13.3 Å². The van der Waals surface area contributed by atoms with Crippen LogP contribution in [0.2, 0.25) is 0 Å². The zero-order chi connectivity index (χ0) is 16.5. The maximum Gasteiger partial charge on any atom is 0.251 e. The molecule has 1 heterocycles. The Bertz CT molecular complexity index is 505. The summed E-state index contributed by atoms with van der Waals surface area (Å²) in [5.41, 5.74) is 0.605. The van der Waals surface area contributed by atoms with E-state index in [1.165, 1.54) is 12.8 Å². The molecule has 1 atom stereocenters. The maximum absolute atomic E-state index is 12.3. The van der Waals surface area contributed by atoms with Gasteiger partial charge in [0.1, 0.15) is 0 Å². The van der Waals surface area contributed by atoms with Gasteiger partial charge >= 0.3 is 0 Å². The second-order valence-electron chi connectivity index (χ2n) is 5.99. The van der Waals surface area contributed by atoms with Crippen molar-refractivity contribution in [2.24, 2.45) is 5.92 Å². The van der Waals surface area contributed by atoms with E-state index in [2.05, 4.69) is 17.6 Å². The minimum absolute atomic E-state index is 0. The molecule has 0 radical (unpaired) electrons. The molecule has 2 rings (SSSR count). The maximum atomic E-state index is 12.3. The molecule has 1 saturated heterocycles. The van der Waals surface area contributed by atoms with Gasteiger partial charge in [0.2, 0.25) is 0 Å². The minimum Gasteiger partial charge on any atom is -0.493 e. The molecule has 136 valence electrons. The number of carbonyl (C=O) groups excluding carboxylic acids is 1. The lowest BCUT2D eigenvalue weighted by molar-refractivity contribution is 0.0944. The number of rotatable bonds is 8. The van der Waals surface area contributed by atoms with Crippen molar-refractivity contribution in [2.75, 3.05) is 33.4 Å². The van der Waals surface area contributed by atoms with Gasteiger partial charge in [0.15, 0.2) is 11.5 Å². The summed E-state index contributed by atoms with van der Waals surface area (Å²) in [4.78, 5) is 12.3. The first-order chi connectivity index (χ1) is 11.2. The highest BCUT2D eigenvalue weighted by Gasteiger charge is 2.15. The Kier molecular flexibility index (Phi) is 9.57. The van der Waals surface area contributed by atoms with Crippen LogP contribution in [0.25, 0.3) is 0 Å². The lowest BCUT2D eigenvalue weighted by atomic mass is 9.99. The molecule has 5 nitrogen and oxygen atoms in total. The van der Waals surface area contributed by atoms with Gasteiger partial charge in [0.25, 0.3) is 5.91 Å². The van der Waals surface area contributed by atoms with E-state index < -0.39 is 0 Å². The van der Waals surface area contributed by atoms with Crippen LogP contribution in [-0.2, 0) is 0 Å². The lowest BCUT2D eigenvalue weighted by Crippen LogP contribution is -2.38. The quantitative estimate of drug-likeness (QED) is 0.703. The second kappa shape index (κ2) is 11.2. The predicted octanol–water partition coefficient (Wildman–Crippen LogP) is 3.03. The number of nitrogens with one attached hydrogen (secondary N) is 2. The van der Waals surface area contributed by atoms with E-state index in [-0.39, 0.29) is 18.3 Å². The highest BCUT2D eigenvalue weighted by molar-refractivity contribution is 5.94. The molecule has 1 unspecified atom stereocenters. The molecule has 0 spiro atoms. The Hall–Kier alpha value is -1.46. The third-order valence-electron chi connectivity index (χ3n) is 4.13. The number of halogens is 1. The molecule has 0 saturated carbocycles. The Morgan fingerprint density at radius 3 is 2.88 bits per heavy atom. The minimum atomic E-state index is -0.0611. The molecule has 6 heteroatoms. The third-order valence-corrected chi connectivity index (χ3v) is 4.13. The first kappa shape index (κ1) is 20.6. The number of benzene rings is 1. The van der Waals surface area contributed by atoms with E-state index in [9.17, 15) is 4.79 Å². The summed E-state index contributed by atoms with van der Waals surface area (Å²) in [6.45, 7) is 5.56. The summed E-state index contributed by atoms with van der Waals surface area (Å²) < 4.78 is 11.0. The summed E-state index contributed by atoms with van der Waals surface area (Å²) in [7, 11) is 1.59. The molecular formula is C18H29ClN2O3. The fourth-order valence-corrected chi connectivity index (χ4v) is 2.69. The Morgan fingerprint density at radius 2 is 2.21 bits per heavy atom. The fraction of sp³-hybridized carbons (Fsp3) is 0.611. The number of methoxy groups -OCH3 is 1. The topological polar surface area (TPSA) is 59.6 Å². The first-order valence-corrected chi connectivity index (χ1v) is 8.54. The molecule has 0 bridgehead atoms. The van der Waals surface area contributed by atoms with Crippen molar-refractivity contribution >= 4 is 18.3 Å². The SMILES string of the molecule is CCCCOc1ccc(C(=O)NCC2CCCNC2)cc1OC.Cl. The monoisotopic (exact) mass is 356 g/mol. The highest BCUT2D eigenvalue weighted by Crippen LogP contribution is 2.28. The van der Waals surface area contributed by atoms with Crippen molar-refractivity contribution in [3.63, 3.8) is 0 Å². The van der Waals surface area contributed by atoms with Crippen LogP contribution in [0.5, 0.6) is 11.5 Å². The van der Waals surface area contributed by atoms with Gasteiger partial charge in [-0.15, -0.1) is 12.4 Å². The molecular weight excluding hydrogens is 328 g/mol. The summed E-state index contributed by atoms with van der Waals surface area (Å²) in [5.74, 6) is 1.75. The average Bonchev–Trinajstić information content (AvgIpc) is 2.61. The average molecular weight is 357 g/mol. The van der Waals surface area contributed by atoms with E-state index in [0.717, 1.165) is 25.9 Å². The highest BCUT2D eigenvalue weighted by atomic mass is 35.5. The number of hydrogen-bond donors (Lipinski definition) is 2. The number of amides is 1. The summed E-state index contributed by atoms with van der Waals surface area (Å²) in [6, 6.07) is 5.35. The molecule has 2 N–H and O–H groups in total. The van der Waals surface area contributed by atoms with Crippen LogP contribution in [0.3, 0.4) is 0 Å². The van der Waals surface area contributed by atoms with Gasteiger partial charge in [0, 0.05) is 12.1 Å². The molecule has 1 aliphatic rings. The molecule has 1 aromatic carbocycles. The van der Waals surface area contributed by atoms with Crippen molar-refractivity contribution < 1.29 is 14.3 Å². The number of piperidine rings is 1. The molecule has 0 aromatic heterocycles. The molecule has 24 heavy (non-hydrogen) atoms. The largest absolute Gasteiger partial charge is 0.493 e. The molecule has 1 amide bonds. The molecule has 0 aliphatic carbocycles. The second-order valence-corrected chi connectivity index (χ2v) is 5.99. The molecule has 1 aliphatic heterocycles. The summed E-state index contributed by atoms with van der Waals surface area (Å²) in [5, 5.41) is 6.38. The van der Waals surface area contributed by atoms with Crippen LogP contribution >= 0.6 is 12.4 Å². The number of unbranched alkanes of at least 4 members (excludes halogenated alkanes) is 1. The zero-order valence-electron chi connectivity index (χ0n) is 14.6. The van der Waals surface area contributed by atoms with Crippen molar-refractivity contribution in [1.29, 1.82) is 0 Å². The van der Waals surface area contributed by atoms with Crippen molar-refractivity contribution in [2.45, 2.75) is 32.6 Å². The normalized spacial score (nSPS) is 16.8. The van der Waals surface area contributed by atoms with Crippen LogP contribution in [0.4, 0.5) is 0 Å². The third kappa shape index (κ3) is 6.21. The lowest BCUT2D eigenvalue weighted by Gasteiger charge is -2.22. The Labute approximate surface area is 150 Å². The Balaban J connectivity index is 0.00000288. The van der Waals surface area contributed by atoms with Crippen LogP contribution < -0.4 is 20.1 Å². The van der Waals surface area contributed by atoms with Gasteiger partial charge < -0.3 is 20.1 Å². The predicted molar refractivity (Wildman–Crippen MR) is 98.6 cm³/mol. The van der Waals surface area contributed by atoms with Crippen molar-refractivity contribution in [3.05, 3.63) is 23.8 Å². The zero-order valence-corrected chi connectivity index (χ0v) is 15.4. The van der Waals surface area contributed by atoms with Gasteiger partial charge in [-0.3, -0.25) is 4.79 Å². The van der Waals surface area contributed by atoms with Crippen molar-refractivity contribution in [1.82, 2.24) is 10.6 Å². The first-order valence-electron chi connectivity index (χ1n) is 8.54. The Morgan fingerprint density at radius 1 is 1.38 bits per heavy atom. The van der Waals surface area contributed by atoms with Gasteiger partial charge in [-0.25, -0.2) is 0 Å². The van der Waals surface area contributed by atoms with Crippen LogP contribution in [0, 0.1) is 5.92 Å². The van der Waals surface area contributed by atoms with E-state index >= 15 is 0 Å². The number of ether oxygens (including phenoxy) is 2. The van der Waals surface area contributed by atoms with Gasteiger partial charge in [-0.05, 0) is 56.5 Å². The number of hydrogen-bond acceptors (Lipinski definition) is 4. The molecule has 1 fully saturated rings. The van der Waals surface area contributed by atoms with Crippen LogP contribution in [-0.4, -0.2) is 39.3 Å². The molecule has 1 aromatic rings.